The van der Waals surface area contributed by atoms with Gasteiger partial charge in [0.15, 0.2) is 5.82 Å². The number of carbonyl (C=O) groups excluding carboxylic acids is 1. The van der Waals surface area contributed by atoms with Crippen LogP contribution in [0.1, 0.15) is 19.3 Å². The number of nitrogens with one attached hydrogen (secondary N) is 2. The second-order valence-corrected chi connectivity index (χ2v) is 11.6. The Kier molecular flexibility index (Phi) is 6.44. The van der Waals surface area contributed by atoms with Crippen LogP contribution in [0.25, 0.3) is 22.5 Å². The summed E-state index contributed by atoms with van der Waals surface area (Å²) in [4.78, 5) is 26.8. The molecule has 1 amide bonds. The van der Waals surface area contributed by atoms with Crippen LogP contribution in [0.4, 0.5) is 5.69 Å². The van der Waals surface area contributed by atoms with Crippen molar-refractivity contribution in [2.24, 2.45) is 11.8 Å². The molecule has 190 valence electrons. The number of hydrogen-bond acceptors (Lipinski definition) is 5. The lowest BCUT2D eigenvalue weighted by molar-refractivity contribution is -0.131. The predicted molar refractivity (Wildman–Crippen MR) is 137 cm³/mol. The van der Waals surface area contributed by atoms with Gasteiger partial charge in [-0.2, -0.15) is 17.8 Å². The van der Waals surface area contributed by atoms with E-state index in [0.717, 1.165) is 46.8 Å². The minimum atomic E-state index is -3.60. The molecule has 2 heterocycles. The number of aromatic nitrogens is 3. The molecule has 1 aliphatic heterocycles. The second kappa shape index (κ2) is 9.55. The van der Waals surface area contributed by atoms with E-state index in [9.17, 15) is 18.0 Å². The standard InChI is InChI=1S/C25H30N6O4S/c1-29(2)36(34,35)28-22-5-3-4-21(14-22)18-6-8-19(9-7-18)23-26-27-25(33)31(23)16-17-12-13-30(15-17)24(32)20-10-11-20/h3-9,14,17,20,28H,10-13,15-16H2,1-2H3,(H,27,33)/t17-/m1/s1. The van der Waals surface area contributed by atoms with Crippen LogP contribution in [-0.4, -0.2) is 65.5 Å². The number of aromatic amines is 1. The molecule has 36 heavy (non-hydrogen) atoms. The number of likely N-dealkylation sites (tertiary alicyclic amines) is 1. The van der Waals surface area contributed by atoms with Crippen molar-refractivity contribution in [1.82, 2.24) is 24.0 Å². The SMILES string of the molecule is CN(C)S(=O)(=O)Nc1cccc(-c2ccc(-c3n[nH]c(=O)n3C[C@@H]3CCN(C(=O)C4CC4)C3)cc2)c1. The second-order valence-electron chi connectivity index (χ2n) is 9.72. The van der Waals surface area contributed by atoms with Crippen LogP contribution in [-0.2, 0) is 21.5 Å². The summed E-state index contributed by atoms with van der Waals surface area (Å²) in [7, 11) is -0.661. The van der Waals surface area contributed by atoms with Gasteiger partial charge in [-0.1, -0.05) is 36.4 Å². The maximum atomic E-state index is 12.5. The van der Waals surface area contributed by atoms with Crippen LogP contribution in [0, 0.1) is 11.8 Å². The molecule has 1 aliphatic carbocycles. The summed E-state index contributed by atoms with van der Waals surface area (Å²) in [6.45, 7) is 1.94. The Morgan fingerprint density at radius 1 is 1.08 bits per heavy atom. The summed E-state index contributed by atoms with van der Waals surface area (Å²) in [5.41, 5.74) is 2.76. The fourth-order valence-corrected chi connectivity index (χ4v) is 5.16. The predicted octanol–water partition coefficient (Wildman–Crippen LogP) is 2.38. The maximum Gasteiger partial charge on any atom is 0.343 e. The van der Waals surface area contributed by atoms with Gasteiger partial charge in [-0.05, 0) is 48.4 Å². The molecule has 5 rings (SSSR count). The molecule has 1 aromatic heterocycles. The van der Waals surface area contributed by atoms with Crippen molar-refractivity contribution in [3.8, 4) is 22.5 Å². The van der Waals surface area contributed by atoms with E-state index in [1.807, 2.05) is 35.2 Å². The average Bonchev–Trinajstić information content (AvgIpc) is 3.50. The molecular weight excluding hydrogens is 480 g/mol. The molecule has 1 saturated carbocycles. The number of anilines is 1. The van der Waals surface area contributed by atoms with Crippen molar-refractivity contribution in [2.75, 3.05) is 31.9 Å². The summed E-state index contributed by atoms with van der Waals surface area (Å²) < 4.78 is 29.6. The lowest BCUT2D eigenvalue weighted by Crippen LogP contribution is -2.31. The molecule has 2 fully saturated rings. The van der Waals surface area contributed by atoms with E-state index in [-0.39, 0.29) is 23.4 Å². The van der Waals surface area contributed by atoms with Gasteiger partial charge in [-0.25, -0.2) is 9.89 Å². The molecule has 11 heteroatoms. The highest BCUT2D eigenvalue weighted by Gasteiger charge is 2.36. The van der Waals surface area contributed by atoms with Crippen LogP contribution in [0.5, 0.6) is 0 Å². The van der Waals surface area contributed by atoms with Crippen molar-refractivity contribution in [2.45, 2.75) is 25.8 Å². The summed E-state index contributed by atoms with van der Waals surface area (Å²) >= 11 is 0. The van der Waals surface area contributed by atoms with Crippen LogP contribution in [0.15, 0.2) is 53.3 Å². The Balaban J connectivity index is 1.31. The zero-order valence-corrected chi connectivity index (χ0v) is 21.2. The van der Waals surface area contributed by atoms with E-state index in [2.05, 4.69) is 14.9 Å². The first-order valence-corrected chi connectivity index (χ1v) is 13.5. The Bertz CT molecular complexity index is 1420. The normalized spacial score (nSPS) is 18.1. The average molecular weight is 511 g/mol. The smallest absolute Gasteiger partial charge is 0.342 e. The lowest BCUT2D eigenvalue weighted by atomic mass is 10.0. The molecule has 0 bridgehead atoms. The molecule has 0 spiro atoms. The molecule has 3 aromatic rings. The first kappa shape index (κ1) is 24.3. The van der Waals surface area contributed by atoms with Crippen molar-refractivity contribution < 1.29 is 13.2 Å². The molecule has 2 N–H and O–H groups in total. The number of H-pyrrole nitrogens is 1. The first-order chi connectivity index (χ1) is 17.2. The van der Waals surface area contributed by atoms with Gasteiger partial charge in [-0.3, -0.25) is 14.1 Å². The number of nitrogens with zero attached hydrogens (tertiary/aromatic N) is 4. The van der Waals surface area contributed by atoms with Gasteiger partial charge in [0.2, 0.25) is 5.91 Å². The monoisotopic (exact) mass is 510 g/mol. The third-order valence-electron chi connectivity index (χ3n) is 6.79. The fraction of sp³-hybridized carbons (Fsp3) is 0.400. The Hall–Kier alpha value is -3.44. The largest absolute Gasteiger partial charge is 0.343 e. The topological polar surface area (TPSA) is 120 Å². The number of benzene rings is 2. The van der Waals surface area contributed by atoms with Crippen molar-refractivity contribution >= 4 is 21.8 Å². The Morgan fingerprint density at radius 2 is 1.81 bits per heavy atom. The van der Waals surface area contributed by atoms with Gasteiger partial charge < -0.3 is 4.90 Å². The summed E-state index contributed by atoms with van der Waals surface area (Å²) in [6, 6.07) is 14.8. The van der Waals surface area contributed by atoms with E-state index in [0.29, 0.717) is 24.6 Å². The number of hydrogen-bond donors (Lipinski definition) is 2. The van der Waals surface area contributed by atoms with E-state index in [4.69, 9.17) is 0 Å². The molecule has 10 nitrogen and oxygen atoms in total. The molecule has 2 aromatic carbocycles. The molecule has 1 atom stereocenters. The Morgan fingerprint density at radius 3 is 2.50 bits per heavy atom. The Labute approximate surface area is 210 Å². The molecule has 0 unspecified atom stereocenters. The number of rotatable bonds is 8. The van der Waals surface area contributed by atoms with E-state index in [1.165, 1.54) is 14.1 Å². The highest BCUT2D eigenvalue weighted by Crippen LogP contribution is 2.33. The van der Waals surface area contributed by atoms with Crippen LogP contribution < -0.4 is 10.4 Å². The van der Waals surface area contributed by atoms with E-state index < -0.39 is 10.2 Å². The van der Waals surface area contributed by atoms with Crippen molar-refractivity contribution in [3.63, 3.8) is 0 Å². The molecule has 1 saturated heterocycles. The van der Waals surface area contributed by atoms with Crippen molar-refractivity contribution in [3.05, 3.63) is 59.0 Å². The highest BCUT2D eigenvalue weighted by molar-refractivity contribution is 7.90. The van der Waals surface area contributed by atoms with E-state index in [1.54, 1.807) is 22.8 Å². The molecule has 2 aliphatic rings. The zero-order valence-electron chi connectivity index (χ0n) is 20.3. The highest BCUT2D eigenvalue weighted by atomic mass is 32.2. The minimum absolute atomic E-state index is 0.211. The van der Waals surface area contributed by atoms with Gasteiger partial charge in [0.05, 0.1) is 5.69 Å². The number of carbonyl (C=O) groups is 1. The molecular formula is C25H30N6O4S. The maximum absolute atomic E-state index is 12.5. The van der Waals surface area contributed by atoms with Gasteiger partial charge in [0.25, 0.3) is 0 Å². The van der Waals surface area contributed by atoms with Crippen LogP contribution in [0.3, 0.4) is 0 Å². The van der Waals surface area contributed by atoms with Crippen LogP contribution in [0.2, 0.25) is 0 Å². The van der Waals surface area contributed by atoms with Gasteiger partial charge >= 0.3 is 15.9 Å². The van der Waals surface area contributed by atoms with E-state index >= 15 is 0 Å². The van der Waals surface area contributed by atoms with Gasteiger partial charge in [-0.15, -0.1) is 0 Å². The third kappa shape index (κ3) is 5.07. The quantitative estimate of drug-likeness (QED) is 0.482. The van der Waals surface area contributed by atoms with Crippen LogP contribution >= 0.6 is 0 Å². The van der Waals surface area contributed by atoms with Gasteiger partial charge in [0.1, 0.15) is 0 Å². The van der Waals surface area contributed by atoms with Crippen molar-refractivity contribution in [1.29, 1.82) is 0 Å². The minimum Gasteiger partial charge on any atom is -0.342 e. The molecule has 0 radical (unpaired) electrons. The first-order valence-electron chi connectivity index (χ1n) is 12.1. The lowest BCUT2D eigenvalue weighted by Gasteiger charge is -2.16. The fourth-order valence-electron chi connectivity index (χ4n) is 4.55. The summed E-state index contributed by atoms with van der Waals surface area (Å²) in [5, 5.41) is 6.82. The van der Waals surface area contributed by atoms with Gasteiger partial charge in [0, 0.05) is 45.2 Å². The summed E-state index contributed by atoms with van der Waals surface area (Å²) in [5.74, 6) is 1.25. The zero-order chi connectivity index (χ0) is 25.4. The summed E-state index contributed by atoms with van der Waals surface area (Å²) in [6.07, 6.45) is 2.87. The number of amides is 1. The third-order valence-corrected chi connectivity index (χ3v) is 8.24.